The van der Waals surface area contributed by atoms with Gasteiger partial charge < -0.3 is 5.32 Å². The Morgan fingerprint density at radius 1 is 1.08 bits per heavy atom. The lowest BCUT2D eigenvalue weighted by molar-refractivity contribution is -0.113. The van der Waals surface area contributed by atoms with Gasteiger partial charge >= 0.3 is 0 Å². The summed E-state index contributed by atoms with van der Waals surface area (Å²) in [5.74, 6) is 0.265. The first-order chi connectivity index (χ1) is 11.8. The molecule has 0 aliphatic carbocycles. The van der Waals surface area contributed by atoms with E-state index in [0.29, 0.717) is 5.75 Å². The highest BCUT2D eigenvalue weighted by molar-refractivity contribution is 8.01. The van der Waals surface area contributed by atoms with E-state index in [4.69, 9.17) is 0 Å². The molecule has 2 aromatic carbocycles. The lowest BCUT2D eigenvalue weighted by atomic mass is 10.2. The Morgan fingerprint density at radius 3 is 2.88 bits per heavy atom. The van der Waals surface area contributed by atoms with Gasteiger partial charge in [0, 0.05) is 11.6 Å². The molecule has 0 fully saturated rings. The van der Waals surface area contributed by atoms with Crippen LogP contribution in [0.4, 0.5) is 5.69 Å². The Bertz CT molecular complexity index is 991. The number of thiazole rings is 1. The van der Waals surface area contributed by atoms with E-state index in [2.05, 4.69) is 15.3 Å². The smallest absolute Gasteiger partial charge is 0.234 e. The second-order valence-corrected chi connectivity index (χ2v) is 7.42. The number of fused-ring (bicyclic) bond motifs is 2. The molecule has 4 aromatic rings. The maximum absolute atomic E-state index is 12.3. The van der Waals surface area contributed by atoms with Crippen molar-refractivity contribution >= 4 is 55.8 Å². The molecule has 0 radical (unpaired) electrons. The average molecular weight is 351 g/mol. The molecule has 0 bridgehead atoms. The molecule has 118 valence electrons. The molecule has 2 heterocycles. The highest BCUT2D eigenvalue weighted by Gasteiger charge is 2.09. The molecule has 4 rings (SSSR count). The predicted octanol–water partition coefficient (Wildman–Crippen LogP) is 4.58. The summed E-state index contributed by atoms with van der Waals surface area (Å²) < 4.78 is 2.04. The summed E-state index contributed by atoms with van der Waals surface area (Å²) in [6, 6.07) is 17.6. The van der Waals surface area contributed by atoms with Crippen LogP contribution < -0.4 is 5.32 Å². The third-order valence-electron chi connectivity index (χ3n) is 3.51. The van der Waals surface area contributed by atoms with Crippen LogP contribution in [0.1, 0.15) is 0 Å². The zero-order valence-corrected chi connectivity index (χ0v) is 14.2. The summed E-state index contributed by atoms with van der Waals surface area (Å²) in [5, 5.41) is 3.95. The first kappa shape index (κ1) is 15.1. The summed E-state index contributed by atoms with van der Waals surface area (Å²) in [5.41, 5.74) is 2.52. The summed E-state index contributed by atoms with van der Waals surface area (Å²) >= 11 is 3.06. The second kappa shape index (κ2) is 6.59. The van der Waals surface area contributed by atoms with Gasteiger partial charge in [-0.05, 0) is 24.3 Å². The molecule has 0 aliphatic heterocycles. The third kappa shape index (κ3) is 3.11. The topological polar surface area (TPSA) is 54.9 Å². The molecule has 1 N–H and O–H groups in total. The number of nitrogens with one attached hydrogen (secondary N) is 1. The third-order valence-corrected chi connectivity index (χ3v) is 5.69. The van der Waals surface area contributed by atoms with Crippen LogP contribution in [0.25, 0.3) is 21.1 Å². The Morgan fingerprint density at radius 2 is 1.96 bits per heavy atom. The van der Waals surface area contributed by atoms with Crippen molar-refractivity contribution in [2.45, 2.75) is 4.34 Å². The molecule has 4 nitrogen and oxygen atoms in total. The number of carbonyl (C=O) groups excluding carboxylic acids is 1. The molecule has 0 unspecified atom stereocenters. The van der Waals surface area contributed by atoms with Gasteiger partial charge in [0.25, 0.3) is 0 Å². The SMILES string of the molecule is O=C(CSc1nc2ccccc2s1)Nc1cccc2cccnc12. The van der Waals surface area contributed by atoms with Crippen LogP contribution in [0.15, 0.2) is 65.1 Å². The number of anilines is 1. The Labute approximate surface area is 146 Å². The molecule has 1 amide bonds. The van der Waals surface area contributed by atoms with Crippen LogP contribution in [-0.4, -0.2) is 21.6 Å². The summed E-state index contributed by atoms with van der Waals surface area (Å²) in [6.07, 6.45) is 1.73. The van der Waals surface area contributed by atoms with Crippen LogP contribution in [-0.2, 0) is 4.79 Å². The van der Waals surface area contributed by atoms with Crippen molar-refractivity contribution in [1.29, 1.82) is 0 Å². The number of thioether (sulfide) groups is 1. The molecule has 0 atom stereocenters. The predicted molar refractivity (Wildman–Crippen MR) is 101 cm³/mol. The summed E-state index contributed by atoms with van der Waals surface area (Å²) in [4.78, 5) is 21.1. The molecular weight excluding hydrogens is 338 g/mol. The molecule has 0 spiro atoms. The number of pyridine rings is 1. The molecule has 6 heteroatoms. The van der Waals surface area contributed by atoms with Gasteiger partial charge in [-0.25, -0.2) is 4.98 Å². The minimum atomic E-state index is -0.0580. The van der Waals surface area contributed by atoms with E-state index in [0.717, 1.165) is 31.1 Å². The molecule has 0 aliphatic rings. The van der Waals surface area contributed by atoms with Gasteiger partial charge in [0.15, 0.2) is 4.34 Å². The van der Waals surface area contributed by atoms with Crippen molar-refractivity contribution in [2.24, 2.45) is 0 Å². The van der Waals surface area contributed by atoms with E-state index in [-0.39, 0.29) is 5.91 Å². The number of amides is 1. The summed E-state index contributed by atoms with van der Waals surface area (Å²) in [6.45, 7) is 0. The lowest BCUT2D eigenvalue weighted by Crippen LogP contribution is -2.14. The van der Waals surface area contributed by atoms with E-state index < -0.39 is 0 Å². The van der Waals surface area contributed by atoms with Crippen molar-refractivity contribution in [3.8, 4) is 0 Å². The number of hydrogen-bond acceptors (Lipinski definition) is 5. The fourth-order valence-corrected chi connectivity index (χ4v) is 4.30. The van der Waals surface area contributed by atoms with Crippen molar-refractivity contribution in [3.05, 3.63) is 60.8 Å². The summed E-state index contributed by atoms with van der Waals surface area (Å²) in [7, 11) is 0. The van der Waals surface area contributed by atoms with Gasteiger partial charge in [0.1, 0.15) is 0 Å². The van der Waals surface area contributed by atoms with Crippen LogP contribution in [0.5, 0.6) is 0 Å². The van der Waals surface area contributed by atoms with Crippen molar-refractivity contribution in [1.82, 2.24) is 9.97 Å². The number of hydrogen-bond donors (Lipinski definition) is 1. The van der Waals surface area contributed by atoms with Crippen molar-refractivity contribution < 1.29 is 4.79 Å². The number of carbonyl (C=O) groups is 1. The Hall–Kier alpha value is -2.44. The van der Waals surface area contributed by atoms with Crippen LogP contribution in [0, 0.1) is 0 Å². The van der Waals surface area contributed by atoms with Crippen molar-refractivity contribution in [2.75, 3.05) is 11.1 Å². The highest BCUT2D eigenvalue weighted by Crippen LogP contribution is 2.29. The highest BCUT2D eigenvalue weighted by atomic mass is 32.2. The van der Waals surface area contributed by atoms with Gasteiger partial charge in [-0.2, -0.15) is 0 Å². The van der Waals surface area contributed by atoms with Crippen LogP contribution in [0.2, 0.25) is 0 Å². The van der Waals surface area contributed by atoms with Crippen LogP contribution in [0.3, 0.4) is 0 Å². The Kier molecular flexibility index (Phi) is 4.15. The largest absolute Gasteiger partial charge is 0.323 e. The zero-order valence-electron chi connectivity index (χ0n) is 12.6. The zero-order chi connectivity index (χ0) is 16.4. The minimum absolute atomic E-state index is 0.0580. The van der Waals surface area contributed by atoms with Gasteiger partial charge in [0.05, 0.1) is 27.2 Å². The lowest BCUT2D eigenvalue weighted by Gasteiger charge is -2.07. The Balaban J connectivity index is 1.46. The van der Waals surface area contributed by atoms with E-state index >= 15 is 0 Å². The molecule has 0 saturated heterocycles. The van der Waals surface area contributed by atoms with E-state index in [1.54, 1.807) is 17.5 Å². The van der Waals surface area contributed by atoms with Gasteiger partial charge in [0.2, 0.25) is 5.91 Å². The fourth-order valence-electron chi connectivity index (χ4n) is 2.43. The number of aromatic nitrogens is 2. The van der Waals surface area contributed by atoms with Crippen molar-refractivity contribution in [3.63, 3.8) is 0 Å². The number of para-hydroxylation sites is 2. The van der Waals surface area contributed by atoms with E-state index in [1.165, 1.54) is 11.8 Å². The molecule has 0 saturated carbocycles. The van der Waals surface area contributed by atoms with E-state index in [1.807, 2.05) is 54.6 Å². The maximum Gasteiger partial charge on any atom is 0.234 e. The second-order valence-electron chi connectivity index (χ2n) is 5.17. The number of nitrogens with zero attached hydrogens (tertiary/aromatic N) is 2. The molecule has 2 aromatic heterocycles. The first-order valence-corrected chi connectivity index (χ1v) is 9.22. The quantitative estimate of drug-likeness (QED) is 0.547. The van der Waals surface area contributed by atoms with Gasteiger partial charge in [-0.15, -0.1) is 11.3 Å². The normalized spacial score (nSPS) is 11.0. The number of benzene rings is 2. The van der Waals surface area contributed by atoms with E-state index in [9.17, 15) is 4.79 Å². The minimum Gasteiger partial charge on any atom is -0.323 e. The standard InChI is InChI=1S/C18H13N3OS2/c22-16(11-23-18-21-13-7-1-2-9-15(13)24-18)20-14-8-3-5-12-6-4-10-19-17(12)14/h1-10H,11H2,(H,20,22). The maximum atomic E-state index is 12.3. The first-order valence-electron chi connectivity index (χ1n) is 7.41. The molecular formula is C18H13N3OS2. The van der Waals surface area contributed by atoms with Gasteiger partial charge in [-0.3, -0.25) is 9.78 Å². The molecule has 24 heavy (non-hydrogen) atoms. The number of rotatable bonds is 4. The monoisotopic (exact) mass is 351 g/mol. The van der Waals surface area contributed by atoms with Crippen LogP contribution >= 0.6 is 23.1 Å². The van der Waals surface area contributed by atoms with Gasteiger partial charge in [-0.1, -0.05) is 42.1 Å². The average Bonchev–Trinajstić information content (AvgIpc) is 3.03. The fraction of sp³-hybridized carbons (Fsp3) is 0.0556.